The zero-order valence-corrected chi connectivity index (χ0v) is 24.6. The van der Waals surface area contributed by atoms with E-state index >= 15 is 0 Å². The largest absolute Gasteiger partial charge is 0.495 e. The van der Waals surface area contributed by atoms with Crippen LogP contribution in [-0.2, 0) is 31.0 Å². The third-order valence-corrected chi connectivity index (χ3v) is 8.78. The molecule has 3 rings (SSSR count). The SMILES string of the molecule is COc1ccc(N(CCCC(=O)Nc2ccc(S(=O)(=O)Nc3ccc(Cl)c(C(F)(F)F)c3)cc2)S(C)(=O)=O)cc1Cl. The summed E-state index contributed by atoms with van der Waals surface area (Å²) >= 11 is 11.7. The Balaban J connectivity index is 1.61. The second-order valence-electron chi connectivity index (χ2n) is 8.63. The molecule has 2 N–H and O–H groups in total. The van der Waals surface area contributed by atoms with Gasteiger partial charge in [0.25, 0.3) is 10.0 Å². The molecule has 0 spiro atoms. The van der Waals surface area contributed by atoms with E-state index in [4.69, 9.17) is 27.9 Å². The van der Waals surface area contributed by atoms with Crippen LogP contribution in [0, 0.1) is 0 Å². The van der Waals surface area contributed by atoms with Gasteiger partial charge in [0.2, 0.25) is 15.9 Å². The monoisotopic (exact) mass is 653 g/mol. The number of hydrogen-bond donors (Lipinski definition) is 2. The summed E-state index contributed by atoms with van der Waals surface area (Å²) in [6.07, 6.45) is -3.65. The van der Waals surface area contributed by atoms with Crippen LogP contribution < -0.4 is 19.1 Å². The average Bonchev–Trinajstić information content (AvgIpc) is 2.86. The van der Waals surface area contributed by atoms with Crippen LogP contribution in [0.2, 0.25) is 10.0 Å². The number of nitrogens with zero attached hydrogens (tertiary/aromatic N) is 1. The highest BCUT2D eigenvalue weighted by Crippen LogP contribution is 2.36. The molecule has 41 heavy (non-hydrogen) atoms. The van der Waals surface area contributed by atoms with Crippen LogP contribution in [0.5, 0.6) is 5.75 Å². The first-order valence-electron chi connectivity index (χ1n) is 11.6. The van der Waals surface area contributed by atoms with Gasteiger partial charge in [-0.1, -0.05) is 23.2 Å². The maximum absolute atomic E-state index is 13.1. The molecule has 1 amide bonds. The van der Waals surface area contributed by atoms with Crippen molar-refractivity contribution in [2.75, 3.05) is 34.3 Å². The Kier molecular flexibility index (Phi) is 10.1. The van der Waals surface area contributed by atoms with Gasteiger partial charge in [0.05, 0.1) is 39.6 Å². The minimum absolute atomic E-state index is 0.0154. The summed E-state index contributed by atoms with van der Waals surface area (Å²) in [5, 5.41) is 2.22. The van der Waals surface area contributed by atoms with Gasteiger partial charge in [-0.2, -0.15) is 13.2 Å². The minimum atomic E-state index is -4.77. The van der Waals surface area contributed by atoms with Crippen molar-refractivity contribution in [2.24, 2.45) is 0 Å². The van der Waals surface area contributed by atoms with Gasteiger partial charge in [0.15, 0.2) is 0 Å². The van der Waals surface area contributed by atoms with Crippen LogP contribution in [0.3, 0.4) is 0 Å². The van der Waals surface area contributed by atoms with Gasteiger partial charge < -0.3 is 10.1 Å². The molecule has 3 aromatic carbocycles. The molecule has 0 saturated heterocycles. The lowest BCUT2D eigenvalue weighted by Crippen LogP contribution is -2.31. The van der Waals surface area contributed by atoms with Crippen LogP contribution in [0.25, 0.3) is 0 Å². The van der Waals surface area contributed by atoms with Crippen molar-refractivity contribution in [1.82, 2.24) is 0 Å². The molecule has 0 atom stereocenters. The molecule has 0 heterocycles. The van der Waals surface area contributed by atoms with Crippen molar-refractivity contribution in [3.8, 4) is 5.75 Å². The number of anilines is 3. The number of ether oxygens (including phenoxy) is 1. The molecule has 0 aromatic heterocycles. The van der Waals surface area contributed by atoms with Crippen LogP contribution in [0.4, 0.5) is 30.2 Å². The Hall–Kier alpha value is -3.20. The predicted octanol–water partition coefficient (Wildman–Crippen LogP) is 6.01. The molecular weight excluding hydrogens is 630 g/mol. The van der Waals surface area contributed by atoms with Gasteiger partial charge in [-0.05, 0) is 67.1 Å². The van der Waals surface area contributed by atoms with E-state index in [2.05, 4.69) is 10.0 Å². The maximum Gasteiger partial charge on any atom is 0.417 e. The van der Waals surface area contributed by atoms with Crippen molar-refractivity contribution in [1.29, 1.82) is 0 Å². The van der Waals surface area contributed by atoms with Gasteiger partial charge in [-0.15, -0.1) is 0 Å². The Labute approximate surface area is 245 Å². The van der Waals surface area contributed by atoms with Gasteiger partial charge in [-0.3, -0.25) is 13.8 Å². The number of rotatable bonds is 11. The van der Waals surface area contributed by atoms with Crippen LogP contribution in [0.15, 0.2) is 65.6 Å². The molecule has 0 aliphatic carbocycles. The highest BCUT2D eigenvalue weighted by molar-refractivity contribution is 7.92. The lowest BCUT2D eigenvalue weighted by Gasteiger charge is -2.23. The molecular formula is C25H24Cl2F3N3O6S2. The number of alkyl halides is 3. The standard InChI is InChI=1S/C25H24Cl2F3N3O6S2/c1-39-23-12-8-18(15-22(23)27)33(40(2,35)36)13-3-4-24(34)31-16-5-9-19(10-6-16)41(37,38)32-17-7-11-21(26)20(14-17)25(28,29)30/h5-12,14-15,32H,3-4,13H2,1-2H3,(H,31,34). The Morgan fingerprint density at radius 2 is 1.56 bits per heavy atom. The molecule has 0 unspecified atom stereocenters. The second kappa shape index (κ2) is 12.8. The van der Waals surface area contributed by atoms with E-state index in [0.717, 1.165) is 34.8 Å². The van der Waals surface area contributed by atoms with Crippen molar-refractivity contribution in [3.05, 3.63) is 76.3 Å². The van der Waals surface area contributed by atoms with Crippen LogP contribution >= 0.6 is 23.2 Å². The zero-order valence-electron chi connectivity index (χ0n) is 21.5. The predicted molar refractivity (Wildman–Crippen MR) is 152 cm³/mol. The summed E-state index contributed by atoms with van der Waals surface area (Å²) < 4.78 is 97.4. The Bertz CT molecular complexity index is 1640. The number of benzene rings is 3. The number of halogens is 5. The molecule has 0 aliphatic heterocycles. The molecule has 0 fully saturated rings. The summed E-state index contributed by atoms with van der Waals surface area (Å²) in [5.41, 5.74) is -0.969. The quantitative estimate of drug-likeness (QED) is 0.262. The lowest BCUT2D eigenvalue weighted by molar-refractivity contribution is -0.137. The first-order valence-corrected chi connectivity index (χ1v) is 15.7. The maximum atomic E-state index is 13.1. The zero-order chi connectivity index (χ0) is 30.6. The molecule has 222 valence electrons. The van der Waals surface area contributed by atoms with Gasteiger partial charge in [0.1, 0.15) is 5.75 Å². The van der Waals surface area contributed by atoms with E-state index < -0.39 is 42.7 Å². The summed E-state index contributed by atoms with van der Waals surface area (Å²) in [6.45, 7) is -0.0154. The first kappa shape index (κ1) is 32.3. The molecule has 0 radical (unpaired) electrons. The van der Waals surface area contributed by atoms with E-state index in [0.29, 0.717) is 17.5 Å². The minimum Gasteiger partial charge on any atom is -0.495 e. The molecule has 0 saturated carbocycles. The molecule has 0 aliphatic rings. The number of amides is 1. The lowest BCUT2D eigenvalue weighted by atomic mass is 10.2. The number of hydrogen-bond acceptors (Lipinski definition) is 6. The summed E-state index contributed by atoms with van der Waals surface area (Å²) in [4.78, 5) is 12.2. The number of nitrogens with one attached hydrogen (secondary N) is 2. The number of methoxy groups -OCH3 is 1. The highest BCUT2D eigenvalue weighted by Gasteiger charge is 2.33. The fourth-order valence-electron chi connectivity index (χ4n) is 3.64. The van der Waals surface area contributed by atoms with Crippen LogP contribution in [-0.4, -0.2) is 42.7 Å². The normalized spacial score (nSPS) is 12.1. The summed E-state index contributed by atoms with van der Waals surface area (Å²) in [6, 6.07) is 12.0. The average molecular weight is 655 g/mol. The third kappa shape index (κ3) is 8.64. The van der Waals surface area contributed by atoms with E-state index in [9.17, 15) is 34.8 Å². The van der Waals surface area contributed by atoms with E-state index in [1.165, 1.54) is 37.4 Å². The first-order chi connectivity index (χ1) is 19.0. The van der Waals surface area contributed by atoms with Crippen LogP contribution in [0.1, 0.15) is 18.4 Å². The summed E-state index contributed by atoms with van der Waals surface area (Å²) in [5.74, 6) is -0.0841. The van der Waals surface area contributed by atoms with Crippen molar-refractivity contribution < 1.29 is 39.5 Å². The van der Waals surface area contributed by atoms with E-state index in [1.807, 2.05) is 0 Å². The number of sulfonamides is 2. The van der Waals surface area contributed by atoms with Gasteiger partial charge >= 0.3 is 6.18 Å². The van der Waals surface area contributed by atoms with E-state index in [1.54, 1.807) is 0 Å². The van der Waals surface area contributed by atoms with Crippen molar-refractivity contribution >= 4 is 66.2 Å². The smallest absolute Gasteiger partial charge is 0.417 e. The molecule has 0 bridgehead atoms. The fraction of sp³-hybridized carbons (Fsp3) is 0.240. The van der Waals surface area contributed by atoms with E-state index in [-0.39, 0.29) is 40.7 Å². The van der Waals surface area contributed by atoms with Crippen molar-refractivity contribution in [3.63, 3.8) is 0 Å². The summed E-state index contributed by atoms with van der Waals surface area (Å²) in [7, 11) is -6.52. The fourth-order valence-corrected chi connectivity index (χ4v) is 6.12. The highest BCUT2D eigenvalue weighted by atomic mass is 35.5. The van der Waals surface area contributed by atoms with Gasteiger partial charge in [0, 0.05) is 24.3 Å². The van der Waals surface area contributed by atoms with Crippen molar-refractivity contribution in [2.45, 2.75) is 23.9 Å². The Morgan fingerprint density at radius 3 is 2.12 bits per heavy atom. The topological polar surface area (TPSA) is 122 Å². The second-order valence-corrected chi connectivity index (χ2v) is 13.0. The Morgan fingerprint density at radius 1 is 0.927 bits per heavy atom. The molecule has 9 nitrogen and oxygen atoms in total. The third-order valence-electron chi connectivity index (χ3n) is 5.56. The molecule has 16 heteroatoms. The number of carbonyl (C=O) groups is 1. The van der Waals surface area contributed by atoms with Gasteiger partial charge in [-0.25, -0.2) is 16.8 Å². The molecule has 3 aromatic rings. The number of carbonyl (C=O) groups excluding carboxylic acids is 1.